The minimum absolute atomic E-state index is 0.185. The van der Waals surface area contributed by atoms with E-state index in [1.54, 1.807) is 0 Å². The second kappa shape index (κ2) is 3.94. The zero-order chi connectivity index (χ0) is 8.20. The minimum Gasteiger partial charge on any atom is -0.392 e. The molecule has 0 aromatic carbocycles. The van der Waals surface area contributed by atoms with Gasteiger partial charge >= 0.3 is 0 Å². The third kappa shape index (κ3) is 1.96. The number of aliphatic hydroxyl groups excluding tert-OH is 1. The first-order chi connectivity index (χ1) is 4.60. The topological polar surface area (TPSA) is 20.2 Å². The predicted octanol–water partition coefficient (Wildman–Crippen LogP) is 2.19. The lowest BCUT2D eigenvalue weighted by Gasteiger charge is -2.25. The molecule has 0 radical (unpaired) electrons. The van der Waals surface area contributed by atoms with E-state index in [0.717, 1.165) is 5.20 Å². The summed E-state index contributed by atoms with van der Waals surface area (Å²) in [6.07, 6.45) is 0. The van der Waals surface area contributed by atoms with Crippen molar-refractivity contribution in [1.82, 2.24) is 0 Å². The van der Waals surface area contributed by atoms with Gasteiger partial charge in [-0.1, -0.05) is 37.7 Å². The molecule has 0 aliphatic rings. The average molecular weight is 158 g/mol. The summed E-state index contributed by atoms with van der Waals surface area (Å²) < 4.78 is 0. The van der Waals surface area contributed by atoms with Gasteiger partial charge < -0.3 is 5.11 Å². The molecule has 0 aliphatic heterocycles. The summed E-state index contributed by atoms with van der Waals surface area (Å²) in [6.45, 7) is 10.7. The van der Waals surface area contributed by atoms with E-state index in [0.29, 0.717) is 0 Å². The summed E-state index contributed by atoms with van der Waals surface area (Å²) in [5.41, 5.74) is 0. The molecule has 0 rings (SSSR count). The van der Waals surface area contributed by atoms with Gasteiger partial charge in [0.05, 0.1) is 14.7 Å². The second-order valence-electron chi connectivity index (χ2n) is 3.03. The van der Waals surface area contributed by atoms with Gasteiger partial charge in [0.15, 0.2) is 0 Å². The van der Waals surface area contributed by atoms with Crippen LogP contribution in [0.15, 0.2) is 11.8 Å². The van der Waals surface area contributed by atoms with E-state index in [1.165, 1.54) is 12.1 Å². The summed E-state index contributed by atoms with van der Waals surface area (Å²) >= 11 is 0. The van der Waals surface area contributed by atoms with Gasteiger partial charge in [-0.25, -0.2) is 0 Å². The van der Waals surface area contributed by atoms with Gasteiger partial charge in [0, 0.05) is 0 Å². The maximum Gasteiger partial charge on any atom is 0.0801 e. The van der Waals surface area contributed by atoms with Crippen molar-refractivity contribution >= 4 is 8.07 Å². The molecule has 0 unspecified atom stereocenters. The zero-order valence-corrected chi connectivity index (χ0v) is 8.28. The number of hydrogen-bond acceptors (Lipinski definition) is 1. The van der Waals surface area contributed by atoms with Gasteiger partial charge in [-0.05, 0) is 0 Å². The third-order valence-corrected chi connectivity index (χ3v) is 7.59. The van der Waals surface area contributed by atoms with Gasteiger partial charge in [0.25, 0.3) is 0 Å². The predicted molar refractivity (Wildman–Crippen MR) is 48.8 cm³/mol. The van der Waals surface area contributed by atoms with Crippen molar-refractivity contribution in [3.05, 3.63) is 11.8 Å². The Morgan fingerprint density at radius 3 is 1.90 bits per heavy atom. The third-order valence-electron chi connectivity index (χ3n) is 2.61. The molecule has 0 heterocycles. The molecule has 0 fully saturated rings. The molecule has 0 amide bonds. The quantitative estimate of drug-likeness (QED) is 0.622. The van der Waals surface area contributed by atoms with E-state index >= 15 is 0 Å². The van der Waals surface area contributed by atoms with E-state index < -0.39 is 8.07 Å². The molecule has 0 saturated heterocycles. The van der Waals surface area contributed by atoms with E-state index in [4.69, 9.17) is 5.11 Å². The van der Waals surface area contributed by atoms with Crippen molar-refractivity contribution < 1.29 is 5.11 Å². The van der Waals surface area contributed by atoms with Crippen molar-refractivity contribution in [2.75, 3.05) is 6.61 Å². The molecule has 10 heavy (non-hydrogen) atoms. The van der Waals surface area contributed by atoms with Crippen LogP contribution in [0.2, 0.25) is 18.6 Å². The lowest BCUT2D eigenvalue weighted by Crippen LogP contribution is -2.32. The standard InChI is InChI=1S/C8H18OSi/c1-5-10(4,6-2)8(3)7-9/h9H,3,5-7H2,1-2,4H3. The summed E-state index contributed by atoms with van der Waals surface area (Å²) in [6, 6.07) is 2.39. The van der Waals surface area contributed by atoms with Crippen LogP contribution in [0.25, 0.3) is 0 Å². The molecule has 1 N–H and O–H groups in total. The normalized spacial score (nSPS) is 11.6. The Labute approximate surface area is 64.8 Å². The molecule has 0 saturated carbocycles. The number of rotatable bonds is 4. The molecule has 0 aromatic heterocycles. The molecule has 2 heteroatoms. The van der Waals surface area contributed by atoms with Crippen molar-refractivity contribution in [2.24, 2.45) is 0 Å². The van der Waals surface area contributed by atoms with Gasteiger partial charge in [0.2, 0.25) is 0 Å². The molecule has 60 valence electrons. The van der Waals surface area contributed by atoms with E-state index in [-0.39, 0.29) is 6.61 Å². The molecular weight excluding hydrogens is 140 g/mol. The fourth-order valence-corrected chi connectivity index (χ4v) is 2.82. The fraction of sp³-hybridized carbons (Fsp3) is 0.750. The van der Waals surface area contributed by atoms with Crippen LogP contribution >= 0.6 is 0 Å². The van der Waals surface area contributed by atoms with Gasteiger partial charge in [-0.2, -0.15) is 0 Å². The summed E-state index contributed by atoms with van der Waals surface area (Å²) in [5, 5.41) is 9.96. The molecular formula is C8H18OSi. The highest BCUT2D eigenvalue weighted by atomic mass is 28.3. The SMILES string of the molecule is C=C(CO)[Si](C)(CC)CC. The summed E-state index contributed by atoms with van der Waals surface area (Å²) in [5.74, 6) is 0. The smallest absolute Gasteiger partial charge is 0.0801 e. The van der Waals surface area contributed by atoms with Crippen molar-refractivity contribution in [2.45, 2.75) is 32.5 Å². The highest BCUT2D eigenvalue weighted by Crippen LogP contribution is 2.21. The Morgan fingerprint density at radius 2 is 1.80 bits per heavy atom. The highest BCUT2D eigenvalue weighted by Gasteiger charge is 2.24. The van der Waals surface area contributed by atoms with Crippen molar-refractivity contribution in [3.8, 4) is 0 Å². The first-order valence-electron chi connectivity index (χ1n) is 3.89. The van der Waals surface area contributed by atoms with E-state index in [2.05, 4.69) is 27.0 Å². The van der Waals surface area contributed by atoms with Crippen LogP contribution in [0.1, 0.15) is 13.8 Å². The first kappa shape index (κ1) is 9.92. The molecule has 0 spiro atoms. The first-order valence-corrected chi connectivity index (χ1v) is 6.81. The summed E-state index contributed by atoms with van der Waals surface area (Å²) in [7, 11) is -1.25. The maximum absolute atomic E-state index is 8.87. The molecule has 0 aliphatic carbocycles. The Balaban J connectivity index is 4.17. The van der Waals surface area contributed by atoms with Crippen molar-refractivity contribution in [3.63, 3.8) is 0 Å². The van der Waals surface area contributed by atoms with Crippen LogP contribution in [-0.2, 0) is 0 Å². The zero-order valence-electron chi connectivity index (χ0n) is 7.28. The molecule has 0 bridgehead atoms. The van der Waals surface area contributed by atoms with E-state index in [1.807, 2.05) is 0 Å². The fourth-order valence-electron chi connectivity index (χ4n) is 0.941. The van der Waals surface area contributed by atoms with E-state index in [9.17, 15) is 0 Å². The Kier molecular flexibility index (Phi) is 3.90. The second-order valence-corrected chi connectivity index (χ2v) is 8.27. The van der Waals surface area contributed by atoms with Crippen molar-refractivity contribution in [1.29, 1.82) is 0 Å². The number of hydrogen-bond donors (Lipinski definition) is 1. The monoisotopic (exact) mass is 158 g/mol. The highest BCUT2D eigenvalue weighted by molar-refractivity contribution is 6.85. The summed E-state index contributed by atoms with van der Waals surface area (Å²) in [4.78, 5) is 0. The maximum atomic E-state index is 8.87. The van der Waals surface area contributed by atoms with Crippen LogP contribution in [0.3, 0.4) is 0 Å². The average Bonchev–Trinajstić information content (AvgIpc) is 2.01. The minimum atomic E-state index is -1.25. The Morgan fingerprint density at radius 1 is 1.40 bits per heavy atom. The van der Waals surface area contributed by atoms with Crippen LogP contribution in [0, 0.1) is 0 Å². The Hall–Kier alpha value is -0.0831. The van der Waals surface area contributed by atoms with Crippen LogP contribution in [-0.4, -0.2) is 19.8 Å². The molecule has 0 aromatic rings. The Bertz CT molecular complexity index is 116. The van der Waals surface area contributed by atoms with Crippen LogP contribution in [0.4, 0.5) is 0 Å². The van der Waals surface area contributed by atoms with Crippen LogP contribution < -0.4 is 0 Å². The lowest BCUT2D eigenvalue weighted by atomic mass is 10.7. The molecule has 0 atom stereocenters. The van der Waals surface area contributed by atoms with Gasteiger partial charge in [0.1, 0.15) is 0 Å². The van der Waals surface area contributed by atoms with Crippen LogP contribution in [0.5, 0.6) is 0 Å². The van der Waals surface area contributed by atoms with Gasteiger partial charge in [-0.15, -0.1) is 6.58 Å². The number of aliphatic hydroxyl groups is 1. The van der Waals surface area contributed by atoms with Gasteiger partial charge in [-0.3, -0.25) is 0 Å². The largest absolute Gasteiger partial charge is 0.392 e. The molecule has 1 nitrogen and oxygen atoms in total. The lowest BCUT2D eigenvalue weighted by molar-refractivity contribution is 0.337.